The molecule has 0 bridgehead atoms. The minimum absolute atomic E-state index is 0.627. The van der Waals surface area contributed by atoms with Gasteiger partial charge >= 0.3 is 0 Å². The van der Waals surface area contributed by atoms with Gasteiger partial charge in [-0.3, -0.25) is 4.99 Å². The molecule has 21 heavy (non-hydrogen) atoms. The van der Waals surface area contributed by atoms with Crippen LogP contribution in [0.5, 0.6) is 0 Å². The van der Waals surface area contributed by atoms with Crippen LogP contribution in [0.2, 0.25) is 0 Å². The minimum atomic E-state index is 0.627. The molecule has 0 radical (unpaired) electrons. The summed E-state index contributed by atoms with van der Waals surface area (Å²) in [7, 11) is 2.06. The number of hydrogen-bond donors (Lipinski definition) is 1. The largest absolute Gasteiger partial charge is 0.379 e. The number of ether oxygens (including phenoxy) is 2. The van der Waals surface area contributed by atoms with Crippen LogP contribution in [-0.2, 0) is 22.6 Å². The molecule has 0 atom stereocenters. The van der Waals surface area contributed by atoms with Crippen LogP contribution in [0.1, 0.15) is 18.1 Å². The van der Waals surface area contributed by atoms with Crippen molar-refractivity contribution in [3.63, 3.8) is 0 Å². The molecule has 1 aromatic rings. The zero-order valence-corrected chi connectivity index (χ0v) is 13.0. The van der Waals surface area contributed by atoms with E-state index in [9.17, 15) is 0 Å². The highest BCUT2D eigenvalue weighted by Crippen LogP contribution is 2.07. The van der Waals surface area contributed by atoms with Crippen molar-refractivity contribution in [3.8, 4) is 0 Å². The molecule has 0 fully saturated rings. The maximum Gasteiger partial charge on any atom is 0.194 e. The van der Waals surface area contributed by atoms with Crippen molar-refractivity contribution >= 4 is 5.96 Å². The van der Waals surface area contributed by atoms with E-state index in [4.69, 9.17) is 9.47 Å². The van der Waals surface area contributed by atoms with Crippen LogP contribution >= 0.6 is 0 Å². The zero-order valence-electron chi connectivity index (χ0n) is 13.0. The average Bonchev–Trinajstić information content (AvgIpc) is 2.91. The van der Waals surface area contributed by atoms with Gasteiger partial charge in [0.2, 0.25) is 0 Å². The number of likely N-dealkylation sites (N-methyl/N-ethyl adjacent to an activating group) is 1. The van der Waals surface area contributed by atoms with Crippen molar-refractivity contribution < 1.29 is 9.47 Å². The molecule has 0 aliphatic carbocycles. The van der Waals surface area contributed by atoms with Gasteiger partial charge in [-0.05, 0) is 18.1 Å². The van der Waals surface area contributed by atoms with E-state index < -0.39 is 0 Å². The SMILES string of the molecule is CCOCCOCc1cccc(CNC2=NCCN2C)c1. The second-order valence-corrected chi connectivity index (χ2v) is 5.05. The molecule has 0 saturated carbocycles. The van der Waals surface area contributed by atoms with Crippen LogP contribution in [0.4, 0.5) is 0 Å². The monoisotopic (exact) mass is 291 g/mol. The van der Waals surface area contributed by atoms with E-state index in [1.165, 1.54) is 11.1 Å². The Balaban J connectivity index is 1.75. The van der Waals surface area contributed by atoms with Gasteiger partial charge in [0.25, 0.3) is 0 Å². The highest BCUT2D eigenvalue weighted by molar-refractivity contribution is 5.81. The molecule has 0 amide bonds. The van der Waals surface area contributed by atoms with E-state index in [0.29, 0.717) is 19.8 Å². The van der Waals surface area contributed by atoms with Gasteiger partial charge < -0.3 is 19.7 Å². The predicted molar refractivity (Wildman–Crippen MR) is 84.4 cm³/mol. The number of rotatable bonds is 8. The van der Waals surface area contributed by atoms with E-state index >= 15 is 0 Å². The summed E-state index contributed by atoms with van der Waals surface area (Å²) in [4.78, 5) is 6.56. The number of nitrogens with one attached hydrogen (secondary N) is 1. The van der Waals surface area contributed by atoms with E-state index in [1.54, 1.807) is 0 Å². The summed E-state index contributed by atoms with van der Waals surface area (Å²) >= 11 is 0. The van der Waals surface area contributed by atoms with Crippen LogP contribution in [0.25, 0.3) is 0 Å². The lowest BCUT2D eigenvalue weighted by Crippen LogP contribution is -2.35. The Morgan fingerprint density at radius 1 is 1.24 bits per heavy atom. The number of guanidine groups is 1. The van der Waals surface area contributed by atoms with Crippen molar-refractivity contribution in [2.75, 3.05) is 40.0 Å². The van der Waals surface area contributed by atoms with Crippen molar-refractivity contribution in [2.45, 2.75) is 20.1 Å². The van der Waals surface area contributed by atoms with Crippen molar-refractivity contribution in [3.05, 3.63) is 35.4 Å². The highest BCUT2D eigenvalue weighted by atomic mass is 16.5. The van der Waals surface area contributed by atoms with Crippen molar-refractivity contribution in [1.29, 1.82) is 0 Å². The Bertz CT molecular complexity index is 463. The Morgan fingerprint density at radius 2 is 2.05 bits per heavy atom. The van der Waals surface area contributed by atoms with Crippen LogP contribution in [0.15, 0.2) is 29.3 Å². The topological polar surface area (TPSA) is 46.1 Å². The third-order valence-corrected chi connectivity index (χ3v) is 3.35. The quantitative estimate of drug-likeness (QED) is 0.740. The van der Waals surface area contributed by atoms with Gasteiger partial charge in [0, 0.05) is 26.7 Å². The zero-order chi connectivity index (χ0) is 14.9. The second-order valence-electron chi connectivity index (χ2n) is 5.05. The maximum atomic E-state index is 5.59. The third-order valence-electron chi connectivity index (χ3n) is 3.35. The number of nitrogens with zero attached hydrogens (tertiary/aromatic N) is 2. The summed E-state index contributed by atoms with van der Waals surface area (Å²) in [5.74, 6) is 0.980. The molecule has 1 aliphatic heterocycles. The Labute approximate surface area is 127 Å². The fourth-order valence-electron chi connectivity index (χ4n) is 2.19. The minimum Gasteiger partial charge on any atom is -0.379 e. The molecule has 5 heteroatoms. The van der Waals surface area contributed by atoms with Gasteiger partial charge in [-0.25, -0.2) is 0 Å². The van der Waals surface area contributed by atoms with Crippen LogP contribution < -0.4 is 5.32 Å². The maximum absolute atomic E-state index is 5.59. The summed E-state index contributed by atoms with van der Waals surface area (Å²) in [6, 6.07) is 8.44. The second kappa shape index (κ2) is 8.64. The summed E-state index contributed by atoms with van der Waals surface area (Å²) in [5.41, 5.74) is 2.43. The van der Waals surface area contributed by atoms with Crippen molar-refractivity contribution in [2.24, 2.45) is 4.99 Å². The first-order valence-electron chi connectivity index (χ1n) is 7.52. The molecule has 116 valence electrons. The van der Waals surface area contributed by atoms with Gasteiger partial charge in [-0.15, -0.1) is 0 Å². The number of benzene rings is 1. The van der Waals surface area contributed by atoms with E-state index in [0.717, 1.165) is 32.2 Å². The van der Waals surface area contributed by atoms with Crippen LogP contribution in [0.3, 0.4) is 0 Å². The Hall–Kier alpha value is -1.59. The summed E-state index contributed by atoms with van der Waals surface area (Å²) in [5, 5.41) is 3.37. The molecule has 0 aromatic heterocycles. The summed E-state index contributed by atoms with van der Waals surface area (Å²) < 4.78 is 10.8. The van der Waals surface area contributed by atoms with Crippen molar-refractivity contribution in [1.82, 2.24) is 10.2 Å². The van der Waals surface area contributed by atoms with Crippen LogP contribution in [-0.4, -0.2) is 50.8 Å². The molecule has 2 rings (SSSR count). The lowest BCUT2D eigenvalue weighted by molar-refractivity contribution is 0.0453. The molecular weight excluding hydrogens is 266 g/mol. The Morgan fingerprint density at radius 3 is 2.81 bits per heavy atom. The standard InChI is InChI=1S/C16H25N3O2/c1-3-20-9-10-21-13-15-6-4-5-14(11-15)12-18-16-17-7-8-19(16)2/h4-6,11H,3,7-10,12-13H2,1-2H3,(H,17,18). The Kier molecular flexibility index (Phi) is 6.50. The van der Waals surface area contributed by atoms with E-state index in [1.807, 2.05) is 6.92 Å². The predicted octanol–water partition coefficient (Wildman–Crippen LogP) is 1.63. The first-order valence-corrected chi connectivity index (χ1v) is 7.52. The molecule has 5 nitrogen and oxygen atoms in total. The van der Waals surface area contributed by atoms with E-state index in [2.05, 4.69) is 46.5 Å². The van der Waals surface area contributed by atoms with Gasteiger partial charge in [0.15, 0.2) is 5.96 Å². The third kappa shape index (κ3) is 5.36. The fourth-order valence-corrected chi connectivity index (χ4v) is 2.19. The average molecular weight is 291 g/mol. The molecule has 0 spiro atoms. The molecule has 0 saturated heterocycles. The molecule has 1 aliphatic rings. The summed E-state index contributed by atoms with van der Waals surface area (Å²) in [6.07, 6.45) is 0. The van der Waals surface area contributed by atoms with Gasteiger partial charge in [-0.1, -0.05) is 24.3 Å². The first kappa shape index (κ1) is 15.8. The van der Waals surface area contributed by atoms with E-state index in [-0.39, 0.29) is 0 Å². The molecule has 1 heterocycles. The number of aliphatic imine (C=N–C) groups is 1. The van der Waals surface area contributed by atoms with Gasteiger partial charge in [0.05, 0.1) is 26.4 Å². The lowest BCUT2D eigenvalue weighted by Gasteiger charge is -2.15. The molecular formula is C16H25N3O2. The highest BCUT2D eigenvalue weighted by Gasteiger charge is 2.11. The lowest BCUT2D eigenvalue weighted by atomic mass is 10.1. The number of hydrogen-bond acceptors (Lipinski definition) is 5. The van der Waals surface area contributed by atoms with Gasteiger partial charge in [0.1, 0.15) is 0 Å². The molecule has 1 N–H and O–H groups in total. The first-order chi connectivity index (χ1) is 10.3. The normalized spacial score (nSPS) is 14.4. The van der Waals surface area contributed by atoms with Crippen LogP contribution in [0, 0.1) is 0 Å². The summed E-state index contributed by atoms with van der Waals surface area (Å²) in [6.45, 7) is 7.31. The smallest absolute Gasteiger partial charge is 0.194 e. The fraction of sp³-hybridized carbons (Fsp3) is 0.562. The van der Waals surface area contributed by atoms with Gasteiger partial charge in [-0.2, -0.15) is 0 Å². The molecule has 0 unspecified atom stereocenters. The molecule has 1 aromatic carbocycles.